The number of nitrogens with zero attached hydrogens (tertiary/aromatic N) is 6. The van der Waals surface area contributed by atoms with E-state index in [0.29, 0.717) is 6.54 Å². The molecular formula is C16H23N7. The van der Waals surface area contributed by atoms with Crippen LogP contribution < -0.4 is 4.90 Å². The van der Waals surface area contributed by atoms with Crippen LogP contribution in [0.4, 0.5) is 5.82 Å². The third kappa shape index (κ3) is 2.91. The molecule has 122 valence electrons. The van der Waals surface area contributed by atoms with Gasteiger partial charge in [-0.3, -0.25) is 9.78 Å². The van der Waals surface area contributed by atoms with Crippen LogP contribution in [0.3, 0.4) is 0 Å². The van der Waals surface area contributed by atoms with Gasteiger partial charge in [-0.2, -0.15) is 10.2 Å². The molecule has 0 aliphatic carbocycles. The maximum Gasteiger partial charge on any atom is 0.163 e. The molecule has 0 aromatic carbocycles. The van der Waals surface area contributed by atoms with Crippen LogP contribution in [0, 0.1) is 6.92 Å². The summed E-state index contributed by atoms with van der Waals surface area (Å²) in [6.07, 6.45) is 1.81. The van der Waals surface area contributed by atoms with Gasteiger partial charge in [-0.05, 0) is 13.0 Å². The highest BCUT2D eigenvalue weighted by atomic mass is 15.3. The summed E-state index contributed by atoms with van der Waals surface area (Å²) < 4.78 is 1.77. The molecule has 7 heteroatoms. The summed E-state index contributed by atoms with van der Waals surface area (Å²) in [5.74, 6) is 1.62. The third-order valence-corrected chi connectivity index (χ3v) is 3.85. The van der Waals surface area contributed by atoms with Crippen molar-refractivity contribution >= 4 is 16.9 Å². The van der Waals surface area contributed by atoms with Crippen molar-refractivity contribution in [2.45, 2.75) is 39.7 Å². The largest absolute Gasteiger partial charge is 0.353 e. The molecule has 0 saturated heterocycles. The summed E-state index contributed by atoms with van der Waals surface area (Å²) in [5.41, 5.74) is 3.01. The van der Waals surface area contributed by atoms with Crippen LogP contribution in [0.25, 0.3) is 11.0 Å². The van der Waals surface area contributed by atoms with Crippen molar-refractivity contribution in [2.24, 2.45) is 7.05 Å². The maximum absolute atomic E-state index is 4.59. The predicted octanol–water partition coefficient (Wildman–Crippen LogP) is 2.33. The fourth-order valence-corrected chi connectivity index (χ4v) is 2.56. The Hall–Kier alpha value is -2.44. The van der Waals surface area contributed by atoms with Gasteiger partial charge in [0.05, 0.1) is 29.5 Å². The number of hydrogen-bond acceptors (Lipinski definition) is 5. The van der Waals surface area contributed by atoms with Gasteiger partial charge in [0.25, 0.3) is 0 Å². The maximum atomic E-state index is 4.59. The van der Waals surface area contributed by atoms with E-state index in [1.807, 2.05) is 27.2 Å². The Balaban J connectivity index is 1.92. The second kappa shape index (κ2) is 5.33. The highest BCUT2D eigenvalue weighted by molar-refractivity contribution is 5.86. The van der Waals surface area contributed by atoms with Crippen molar-refractivity contribution in [1.29, 1.82) is 0 Å². The number of aryl methyl sites for hydroxylation is 2. The number of H-pyrrole nitrogens is 1. The van der Waals surface area contributed by atoms with Gasteiger partial charge < -0.3 is 4.90 Å². The standard InChI is InChI=1S/C16H23N7/c1-10-18-14(12-8-17-23(6)15(12)19-10)22(5)9-11-7-13(21-20-11)16(2,3)4/h7-8H,9H2,1-6H3,(H,20,21). The molecule has 3 aromatic heterocycles. The molecule has 0 fully saturated rings. The van der Waals surface area contributed by atoms with E-state index in [4.69, 9.17) is 0 Å². The summed E-state index contributed by atoms with van der Waals surface area (Å²) in [6.45, 7) is 9.07. The Morgan fingerprint density at radius 1 is 1.26 bits per heavy atom. The molecule has 0 bridgehead atoms. The van der Waals surface area contributed by atoms with Gasteiger partial charge in [0, 0.05) is 19.5 Å². The van der Waals surface area contributed by atoms with Crippen molar-refractivity contribution < 1.29 is 0 Å². The fraction of sp³-hybridized carbons (Fsp3) is 0.500. The lowest BCUT2D eigenvalue weighted by Gasteiger charge is -2.18. The summed E-state index contributed by atoms with van der Waals surface area (Å²) in [5, 5.41) is 12.8. The molecule has 0 amide bonds. The van der Waals surface area contributed by atoms with Crippen molar-refractivity contribution in [2.75, 3.05) is 11.9 Å². The summed E-state index contributed by atoms with van der Waals surface area (Å²) in [7, 11) is 3.91. The number of rotatable bonds is 3. The monoisotopic (exact) mass is 313 g/mol. The van der Waals surface area contributed by atoms with Crippen LogP contribution in [-0.4, -0.2) is 37.0 Å². The Morgan fingerprint density at radius 3 is 2.65 bits per heavy atom. The quantitative estimate of drug-likeness (QED) is 0.803. The zero-order chi connectivity index (χ0) is 16.8. The molecule has 7 nitrogen and oxygen atoms in total. The number of hydrogen-bond donors (Lipinski definition) is 1. The van der Waals surface area contributed by atoms with Crippen LogP contribution in [-0.2, 0) is 19.0 Å². The van der Waals surface area contributed by atoms with Crippen LogP contribution in [0.1, 0.15) is 38.0 Å². The molecule has 3 rings (SSSR count). The molecule has 23 heavy (non-hydrogen) atoms. The summed E-state index contributed by atoms with van der Waals surface area (Å²) in [6, 6.07) is 2.12. The van der Waals surface area contributed by atoms with Crippen molar-refractivity contribution in [1.82, 2.24) is 29.9 Å². The Morgan fingerprint density at radius 2 is 2.00 bits per heavy atom. The van der Waals surface area contributed by atoms with Gasteiger partial charge in [0.15, 0.2) is 5.65 Å². The van der Waals surface area contributed by atoms with E-state index in [0.717, 1.165) is 34.1 Å². The zero-order valence-electron chi connectivity index (χ0n) is 14.5. The summed E-state index contributed by atoms with van der Waals surface area (Å²) in [4.78, 5) is 11.2. The first kappa shape index (κ1) is 15.5. The van der Waals surface area contributed by atoms with Gasteiger partial charge >= 0.3 is 0 Å². The molecule has 0 aliphatic rings. The number of fused-ring (bicyclic) bond motifs is 1. The SMILES string of the molecule is Cc1nc(N(C)Cc2cc(C(C)(C)C)n[nH]2)c2cnn(C)c2n1. The lowest BCUT2D eigenvalue weighted by atomic mass is 9.92. The van der Waals surface area contributed by atoms with E-state index in [2.05, 4.69) is 57.0 Å². The number of aromatic nitrogens is 6. The molecule has 3 aromatic rings. The zero-order valence-corrected chi connectivity index (χ0v) is 14.5. The van der Waals surface area contributed by atoms with Crippen molar-refractivity contribution in [3.63, 3.8) is 0 Å². The Labute approximate surface area is 135 Å². The minimum absolute atomic E-state index is 0.0371. The number of aromatic amines is 1. The second-order valence-corrected chi connectivity index (χ2v) is 6.98. The van der Waals surface area contributed by atoms with Crippen molar-refractivity contribution in [3.05, 3.63) is 29.5 Å². The summed E-state index contributed by atoms with van der Waals surface area (Å²) >= 11 is 0. The molecule has 0 aliphatic heterocycles. The first-order valence-electron chi connectivity index (χ1n) is 7.68. The molecule has 0 spiro atoms. The predicted molar refractivity (Wildman–Crippen MR) is 90.4 cm³/mol. The lowest BCUT2D eigenvalue weighted by Crippen LogP contribution is -2.19. The first-order chi connectivity index (χ1) is 10.8. The topological polar surface area (TPSA) is 75.5 Å². The highest BCUT2D eigenvalue weighted by Crippen LogP contribution is 2.25. The van der Waals surface area contributed by atoms with Crippen molar-refractivity contribution in [3.8, 4) is 0 Å². The van der Waals surface area contributed by atoms with Crippen LogP contribution >= 0.6 is 0 Å². The van der Waals surface area contributed by atoms with Crippen LogP contribution in [0.5, 0.6) is 0 Å². The molecule has 0 unspecified atom stereocenters. The number of nitrogens with one attached hydrogen (secondary N) is 1. The molecule has 0 atom stereocenters. The number of anilines is 1. The fourth-order valence-electron chi connectivity index (χ4n) is 2.56. The molecule has 1 N–H and O–H groups in total. The van der Waals surface area contributed by atoms with E-state index >= 15 is 0 Å². The van der Waals surface area contributed by atoms with Gasteiger partial charge in [-0.25, -0.2) is 9.97 Å². The van der Waals surface area contributed by atoms with E-state index in [1.165, 1.54) is 0 Å². The minimum Gasteiger partial charge on any atom is -0.353 e. The normalized spacial score (nSPS) is 12.1. The van der Waals surface area contributed by atoms with Gasteiger partial charge in [-0.15, -0.1) is 0 Å². The van der Waals surface area contributed by atoms with E-state index in [1.54, 1.807) is 4.68 Å². The van der Waals surface area contributed by atoms with Crippen LogP contribution in [0.15, 0.2) is 12.3 Å². The third-order valence-electron chi connectivity index (χ3n) is 3.85. The average molecular weight is 313 g/mol. The van der Waals surface area contributed by atoms with Gasteiger partial charge in [0.1, 0.15) is 11.6 Å². The molecule has 3 heterocycles. The highest BCUT2D eigenvalue weighted by Gasteiger charge is 2.19. The second-order valence-electron chi connectivity index (χ2n) is 6.98. The molecular weight excluding hydrogens is 290 g/mol. The minimum atomic E-state index is 0.0371. The van der Waals surface area contributed by atoms with Crippen LogP contribution in [0.2, 0.25) is 0 Å². The average Bonchev–Trinajstić information content (AvgIpc) is 3.06. The Bertz CT molecular complexity index is 838. The Kier molecular flexibility index (Phi) is 3.58. The van der Waals surface area contributed by atoms with E-state index in [9.17, 15) is 0 Å². The van der Waals surface area contributed by atoms with E-state index < -0.39 is 0 Å². The molecule has 0 radical (unpaired) electrons. The molecule has 0 saturated carbocycles. The van der Waals surface area contributed by atoms with Gasteiger partial charge in [0.2, 0.25) is 0 Å². The lowest BCUT2D eigenvalue weighted by molar-refractivity contribution is 0.567. The van der Waals surface area contributed by atoms with E-state index in [-0.39, 0.29) is 5.41 Å². The smallest absolute Gasteiger partial charge is 0.163 e. The first-order valence-corrected chi connectivity index (χ1v) is 7.68. The van der Waals surface area contributed by atoms with Gasteiger partial charge in [-0.1, -0.05) is 20.8 Å².